The van der Waals surface area contributed by atoms with Gasteiger partial charge in [0, 0.05) is 0 Å². The predicted octanol–water partition coefficient (Wildman–Crippen LogP) is 5.26. The van der Waals surface area contributed by atoms with Gasteiger partial charge in [-0.3, -0.25) is 0 Å². The van der Waals surface area contributed by atoms with Crippen molar-refractivity contribution in [3.8, 4) is 52.7 Å². The molecule has 63 heavy (non-hydrogen) atoms. The van der Waals surface area contributed by atoms with E-state index in [0.29, 0.717) is 74.2 Å². The molecule has 0 aliphatic rings. The molecule has 0 aromatic heterocycles. The van der Waals surface area contributed by atoms with E-state index in [1.54, 1.807) is 134 Å². The van der Waals surface area contributed by atoms with Gasteiger partial charge in [-0.25, -0.2) is 0 Å². The van der Waals surface area contributed by atoms with Crippen molar-refractivity contribution in [1.29, 1.82) is 15.8 Å². The molecule has 16 heteroatoms. The fourth-order valence-corrected chi connectivity index (χ4v) is 7.10. The van der Waals surface area contributed by atoms with Gasteiger partial charge in [0.25, 0.3) is 0 Å². The lowest BCUT2D eigenvalue weighted by atomic mass is 9.44. The van der Waals surface area contributed by atoms with Crippen LogP contribution in [0.5, 0.6) is 34.5 Å². The second kappa shape index (κ2) is 21.3. The summed E-state index contributed by atoms with van der Waals surface area (Å²) in [5.41, 5.74) is 1.73. The topological polar surface area (TPSA) is 219 Å². The van der Waals surface area contributed by atoms with Crippen LogP contribution in [0, 0.1) is 34.0 Å². The van der Waals surface area contributed by atoms with Gasteiger partial charge in [-0.05, 0) is 156 Å². The average Bonchev–Trinajstić information content (AvgIpc) is 3.31. The first-order chi connectivity index (χ1) is 30.5. The van der Waals surface area contributed by atoms with Gasteiger partial charge < -0.3 is 48.8 Å². The summed E-state index contributed by atoms with van der Waals surface area (Å²) in [6.07, 6.45) is 0.773. The Bertz CT molecular complexity index is 2630. The van der Waals surface area contributed by atoms with Crippen LogP contribution >= 0.6 is 0 Å². The number of ether oxygens (including phenoxy) is 3. The maximum atomic E-state index is 11.9. The van der Waals surface area contributed by atoms with Gasteiger partial charge in [-0.2, -0.15) is 15.8 Å². The molecular weight excluding hydrogens is 799 g/mol. The van der Waals surface area contributed by atoms with Gasteiger partial charge in [-0.15, -0.1) is 0 Å². The highest BCUT2D eigenvalue weighted by Crippen LogP contribution is 2.30. The molecule has 0 aliphatic carbocycles. The van der Waals surface area contributed by atoms with Crippen LogP contribution in [0.2, 0.25) is 0 Å². The summed E-state index contributed by atoms with van der Waals surface area (Å²) in [5, 5.41) is 83.0. The van der Waals surface area contributed by atoms with Gasteiger partial charge in [-0.1, -0.05) is 31.5 Å². The smallest absolute Gasteiger partial charge is 0.465 e. The first-order valence-corrected chi connectivity index (χ1v) is 20.0. The van der Waals surface area contributed by atoms with E-state index in [1.165, 1.54) is 0 Å². The summed E-state index contributed by atoms with van der Waals surface area (Å²) in [5.74, 6) is 2.45. The lowest BCUT2D eigenvalue weighted by Crippen LogP contribution is -2.62. The Morgan fingerprint density at radius 1 is 0.492 bits per heavy atom. The number of nitriles is 3. The highest BCUT2D eigenvalue weighted by Gasteiger charge is 2.47. The third kappa shape index (κ3) is 11.3. The first-order valence-electron chi connectivity index (χ1n) is 20.0. The normalized spacial score (nSPS) is 11.6. The lowest BCUT2D eigenvalue weighted by Gasteiger charge is -2.38. The van der Waals surface area contributed by atoms with E-state index in [0.717, 1.165) is 0 Å². The monoisotopic (exact) mass is 841 g/mol. The quantitative estimate of drug-likeness (QED) is 0.0659. The molecule has 1 unspecified atom stereocenters. The molecule has 0 heterocycles. The van der Waals surface area contributed by atoms with Gasteiger partial charge in [0.15, 0.2) is 0 Å². The van der Waals surface area contributed by atoms with E-state index in [-0.39, 0.29) is 22.9 Å². The number of nitrogens with zero attached hydrogens (tertiary/aromatic N) is 3. The number of hydrogen-bond acceptors (Lipinski definition) is 13. The minimum absolute atomic E-state index is 0.209. The van der Waals surface area contributed by atoms with Crippen LogP contribution in [0.15, 0.2) is 127 Å². The van der Waals surface area contributed by atoms with E-state index < -0.39 is 46.5 Å². The molecule has 0 spiro atoms. The Morgan fingerprint density at radius 3 is 1.17 bits per heavy atom. The number of hydrogen-bond donors (Lipinski definition) is 5. The van der Waals surface area contributed by atoms with Crippen LogP contribution in [0.25, 0.3) is 0 Å². The van der Waals surface area contributed by atoms with Crippen molar-refractivity contribution in [2.45, 2.75) is 52.0 Å². The Hall–Kier alpha value is -6.90. The third-order valence-corrected chi connectivity index (χ3v) is 10.3. The zero-order valence-corrected chi connectivity index (χ0v) is 34.5. The van der Waals surface area contributed by atoms with Crippen LogP contribution in [0.1, 0.15) is 60.1 Å². The summed E-state index contributed by atoms with van der Waals surface area (Å²) in [7, 11) is -3.33. The molecule has 1 atom stereocenters. The molecule has 6 aromatic carbocycles. The summed E-state index contributed by atoms with van der Waals surface area (Å²) in [4.78, 5) is 0. The van der Waals surface area contributed by atoms with Crippen molar-refractivity contribution < 1.29 is 48.8 Å². The SMILES string of the molecule is CCCC(C)(OB(O)c1ccc(Oc2ccc(C#N)cc2)cc1CO)B(OB(O)c1ccc(Oc2ccc(C#N)cc2)cc1CO)c1ccc(Oc2ccc(C#N)cc2)cc1CO. The van der Waals surface area contributed by atoms with Crippen LogP contribution in [-0.4, -0.2) is 52.0 Å². The molecule has 13 nitrogen and oxygen atoms in total. The molecule has 0 amide bonds. The van der Waals surface area contributed by atoms with E-state index in [1.807, 2.05) is 6.92 Å². The fourth-order valence-electron chi connectivity index (χ4n) is 7.10. The molecule has 6 rings (SSSR count). The molecule has 5 N–H and O–H groups in total. The van der Waals surface area contributed by atoms with Crippen molar-refractivity contribution in [2.24, 2.45) is 0 Å². The molecule has 0 radical (unpaired) electrons. The molecule has 6 aromatic rings. The van der Waals surface area contributed by atoms with Gasteiger partial charge in [0.2, 0.25) is 0 Å². The summed E-state index contributed by atoms with van der Waals surface area (Å²) in [6.45, 7) is 0.957. The summed E-state index contributed by atoms with van der Waals surface area (Å²) in [6, 6.07) is 40.1. The fraction of sp³-hybridized carbons (Fsp3) is 0.170. The minimum atomic E-state index is -1.69. The second-order valence-corrected chi connectivity index (χ2v) is 14.7. The maximum absolute atomic E-state index is 11.9. The van der Waals surface area contributed by atoms with E-state index in [2.05, 4.69) is 18.2 Å². The maximum Gasteiger partial charge on any atom is 0.491 e. The van der Waals surface area contributed by atoms with Crippen LogP contribution in [-0.2, 0) is 29.0 Å². The Balaban J connectivity index is 1.35. The molecular formula is C47H42B3N3O10. The number of aliphatic hydroxyl groups excluding tert-OH is 3. The van der Waals surface area contributed by atoms with E-state index >= 15 is 0 Å². The van der Waals surface area contributed by atoms with Crippen molar-refractivity contribution in [3.63, 3.8) is 0 Å². The summed E-state index contributed by atoms with van der Waals surface area (Å²) < 4.78 is 31.1. The standard InChI is InChI=1S/C47H42B3N3O10/c1-3-22-47(2,62-49(57)45-20-17-42(24-36(45)30-55)60-39-12-6-33(27-52)7-13-39)48(44-19-16-41(23-35(44)29-54)59-38-10-4-32(26-51)5-11-38)63-50(58)46-21-18-43(25-37(46)31-56)61-40-14-8-34(28-53)9-15-40/h4-21,23-25,54-58H,3,22,29-31H2,1-2H3. The molecule has 0 saturated carbocycles. The van der Waals surface area contributed by atoms with E-state index in [4.69, 9.17) is 34.0 Å². The van der Waals surface area contributed by atoms with Crippen molar-refractivity contribution >= 4 is 37.5 Å². The van der Waals surface area contributed by atoms with Crippen LogP contribution < -0.4 is 30.6 Å². The van der Waals surface area contributed by atoms with Crippen LogP contribution in [0.3, 0.4) is 0 Å². The van der Waals surface area contributed by atoms with Gasteiger partial charge in [0.05, 0.1) is 60.2 Å². The van der Waals surface area contributed by atoms with Crippen molar-refractivity contribution in [1.82, 2.24) is 0 Å². The largest absolute Gasteiger partial charge is 0.491 e. The molecule has 0 saturated heterocycles. The number of aliphatic hydroxyl groups is 3. The average molecular weight is 841 g/mol. The third-order valence-electron chi connectivity index (χ3n) is 10.3. The predicted molar refractivity (Wildman–Crippen MR) is 237 cm³/mol. The molecule has 0 bridgehead atoms. The summed E-state index contributed by atoms with van der Waals surface area (Å²) >= 11 is 0. The van der Waals surface area contributed by atoms with Crippen molar-refractivity contribution in [2.75, 3.05) is 0 Å². The van der Waals surface area contributed by atoms with Gasteiger partial charge in [0.1, 0.15) is 34.5 Å². The first kappa shape index (κ1) is 45.6. The van der Waals surface area contributed by atoms with Gasteiger partial charge >= 0.3 is 21.2 Å². The second-order valence-electron chi connectivity index (χ2n) is 14.7. The highest BCUT2D eigenvalue weighted by atomic mass is 16.6. The number of benzene rings is 6. The zero-order valence-electron chi connectivity index (χ0n) is 34.5. The number of rotatable bonds is 19. The minimum Gasteiger partial charge on any atom is -0.465 e. The molecule has 0 aliphatic heterocycles. The molecule has 314 valence electrons. The lowest BCUT2D eigenvalue weighted by molar-refractivity contribution is 0.120. The van der Waals surface area contributed by atoms with Crippen molar-refractivity contribution in [3.05, 3.63) is 161 Å². The Morgan fingerprint density at radius 2 is 0.825 bits per heavy atom. The van der Waals surface area contributed by atoms with E-state index in [9.17, 15) is 30.6 Å². The molecule has 0 fully saturated rings. The Kier molecular flexibility index (Phi) is 15.4. The van der Waals surface area contributed by atoms with Crippen LogP contribution in [0.4, 0.5) is 0 Å². The highest BCUT2D eigenvalue weighted by molar-refractivity contribution is 6.80. The zero-order chi connectivity index (χ0) is 44.9. The Labute approximate surface area is 366 Å².